The summed E-state index contributed by atoms with van der Waals surface area (Å²) in [5, 5.41) is 2.92. The van der Waals surface area contributed by atoms with Crippen molar-refractivity contribution in [1.82, 2.24) is 5.32 Å². The van der Waals surface area contributed by atoms with Crippen LogP contribution in [-0.4, -0.2) is 11.9 Å². The molecule has 1 fully saturated rings. The van der Waals surface area contributed by atoms with E-state index in [0.717, 1.165) is 17.7 Å². The molecule has 1 aliphatic carbocycles. The molecule has 0 heterocycles. The quantitative estimate of drug-likeness (QED) is 0.690. The van der Waals surface area contributed by atoms with Gasteiger partial charge in [-0.1, -0.05) is 6.07 Å². The number of thiol groups is 1. The van der Waals surface area contributed by atoms with Gasteiger partial charge in [0.05, 0.1) is 0 Å². The Morgan fingerprint density at radius 3 is 2.85 bits per heavy atom. The molecule has 2 nitrogen and oxygen atoms in total. The second kappa shape index (κ2) is 3.42. The molecular formula is C10H11NOS. The number of benzene rings is 1. The molecule has 3 heteroatoms. The van der Waals surface area contributed by atoms with Crippen molar-refractivity contribution in [2.24, 2.45) is 0 Å². The molecule has 1 aromatic rings. The van der Waals surface area contributed by atoms with Crippen molar-refractivity contribution in [3.63, 3.8) is 0 Å². The van der Waals surface area contributed by atoms with Crippen molar-refractivity contribution in [3.8, 4) is 0 Å². The molecule has 0 spiro atoms. The lowest BCUT2D eigenvalue weighted by atomic mass is 10.2. The molecule has 0 unspecified atom stereocenters. The minimum absolute atomic E-state index is 0.0124. The lowest BCUT2D eigenvalue weighted by molar-refractivity contribution is 0.0951. The van der Waals surface area contributed by atoms with E-state index in [9.17, 15) is 4.79 Å². The molecule has 0 bridgehead atoms. The van der Waals surface area contributed by atoms with Gasteiger partial charge in [-0.15, -0.1) is 12.6 Å². The van der Waals surface area contributed by atoms with Crippen LogP contribution in [0.1, 0.15) is 23.2 Å². The molecular weight excluding hydrogens is 182 g/mol. The predicted octanol–water partition coefficient (Wildman–Crippen LogP) is 1.87. The highest BCUT2D eigenvalue weighted by Crippen LogP contribution is 2.19. The first kappa shape index (κ1) is 8.63. The fourth-order valence-electron chi connectivity index (χ4n) is 1.14. The fourth-order valence-corrected chi connectivity index (χ4v) is 1.37. The lowest BCUT2D eigenvalue weighted by Gasteiger charge is -2.02. The van der Waals surface area contributed by atoms with Crippen LogP contribution in [0.5, 0.6) is 0 Å². The molecule has 1 aromatic carbocycles. The number of nitrogens with one attached hydrogen (secondary N) is 1. The van der Waals surface area contributed by atoms with E-state index in [1.807, 2.05) is 12.1 Å². The zero-order valence-electron chi connectivity index (χ0n) is 7.16. The number of hydrogen-bond acceptors (Lipinski definition) is 2. The molecule has 0 aliphatic heterocycles. The summed E-state index contributed by atoms with van der Waals surface area (Å²) < 4.78 is 0. The number of amides is 1. The van der Waals surface area contributed by atoms with E-state index in [-0.39, 0.29) is 5.91 Å². The molecule has 0 atom stereocenters. The van der Waals surface area contributed by atoms with Crippen LogP contribution in [0.15, 0.2) is 29.2 Å². The Bertz CT molecular complexity index is 333. The van der Waals surface area contributed by atoms with Gasteiger partial charge < -0.3 is 5.32 Å². The maximum absolute atomic E-state index is 11.5. The number of rotatable bonds is 2. The van der Waals surface area contributed by atoms with Gasteiger partial charge in [-0.05, 0) is 31.0 Å². The van der Waals surface area contributed by atoms with Crippen LogP contribution in [0.2, 0.25) is 0 Å². The highest BCUT2D eigenvalue weighted by Gasteiger charge is 2.23. The highest BCUT2D eigenvalue weighted by atomic mass is 32.1. The largest absolute Gasteiger partial charge is 0.349 e. The monoisotopic (exact) mass is 193 g/mol. The van der Waals surface area contributed by atoms with Gasteiger partial charge in [-0.25, -0.2) is 0 Å². The smallest absolute Gasteiger partial charge is 0.251 e. The Kier molecular flexibility index (Phi) is 2.27. The Labute approximate surface area is 82.8 Å². The Morgan fingerprint density at radius 1 is 1.46 bits per heavy atom. The van der Waals surface area contributed by atoms with E-state index < -0.39 is 0 Å². The summed E-state index contributed by atoms with van der Waals surface area (Å²) in [6.45, 7) is 0. The third kappa shape index (κ3) is 2.25. The molecule has 1 aliphatic rings. The molecule has 2 rings (SSSR count). The van der Waals surface area contributed by atoms with Crippen molar-refractivity contribution in [3.05, 3.63) is 29.8 Å². The topological polar surface area (TPSA) is 29.1 Å². The summed E-state index contributed by atoms with van der Waals surface area (Å²) >= 11 is 4.17. The van der Waals surface area contributed by atoms with Crippen LogP contribution in [0.3, 0.4) is 0 Å². The van der Waals surface area contributed by atoms with E-state index in [0.29, 0.717) is 11.6 Å². The molecule has 13 heavy (non-hydrogen) atoms. The summed E-state index contributed by atoms with van der Waals surface area (Å²) in [6, 6.07) is 7.69. The average Bonchev–Trinajstić information content (AvgIpc) is 2.88. The van der Waals surface area contributed by atoms with E-state index in [4.69, 9.17) is 0 Å². The second-order valence-electron chi connectivity index (χ2n) is 3.30. The van der Waals surface area contributed by atoms with Gasteiger partial charge in [0.2, 0.25) is 0 Å². The van der Waals surface area contributed by atoms with Crippen molar-refractivity contribution in [2.45, 2.75) is 23.8 Å². The van der Waals surface area contributed by atoms with Crippen molar-refractivity contribution < 1.29 is 4.79 Å². The molecule has 1 saturated carbocycles. The van der Waals surface area contributed by atoms with Crippen LogP contribution in [0.4, 0.5) is 0 Å². The first-order chi connectivity index (χ1) is 6.25. The average molecular weight is 193 g/mol. The minimum Gasteiger partial charge on any atom is -0.349 e. The van der Waals surface area contributed by atoms with Crippen LogP contribution < -0.4 is 5.32 Å². The zero-order valence-corrected chi connectivity index (χ0v) is 8.05. The molecule has 0 saturated heterocycles. The summed E-state index contributed by atoms with van der Waals surface area (Å²) in [5.74, 6) is 0.0124. The molecule has 0 radical (unpaired) electrons. The first-order valence-electron chi connectivity index (χ1n) is 4.35. The minimum atomic E-state index is 0.0124. The molecule has 1 N–H and O–H groups in total. The maximum atomic E-state index is 11.5. The van der Waals surface area contributed by atoms with Gasteiger partial charge in [-0.2, -0.15) is 0 Å². The molecule has 1 amide bonds. The lowest BCUT2D eigenvalue weighted by Crippen LogP contribution is -2.25. The van der Waals surface area contributed by atoms with Crippen LogP contribution in [0.25, 0.3) is 0 Å². The van der Waals surface area contributed by atoms with Gasteiger partial charge in [-0.3, -0.25) is 4.79 Å². The van der Waals surface area contributed by atoms with E-state index in [2.05, 4.69) is 17.9 Å². The highest BCUT2D eigenvalue weighted by molar-refractivity contribution is 7.80. The van der Waals surface area contributed by atoms with Crippen LogP contribution in [0, 0.1) is 0 Å². The van der Waals surface area contributed by atoms with Gasteiger partial charge in [0.15, 0.2) is 0 Å². The van der Waals surface area contributed by atoms with E-state index >= 15 is 0 Å². The summed E-state index contributed by atoms with van der Waals surface area (Å²) in [7, 11) is 0. The SMILES string of the molecule is O=C(NC1CC1)c1cccc(S)c1. The van der Waals surface area contributed by atoms with Crippen LogP contribution in [-0.2, 0) is 0 Å². The summed E-state index contributed by atoms with van der Waals surface area (Å²) in [6.07, 6.45) is 2.23. The van der Waals surface area contributed by atoms with Gasteiger partial charge in [0.1, 0.15) is 0 Å². The Morgan fingerprint density at radius 2 is 2.23 bits per heavy atom. The fraction of sp³-hybridized carbons (Fsp3) is 0.300. The maximum Gasteiger partial charge on any atom is 0.251 e. The van der Waals surface area contributed by atoms with Crippen molar-refractivity contribution in [2.75, 3.05) is 0 Å². The second-order valence-corrected chi connectivity index (χ2v) is 3.81. The Balaban J connectivity index is 2.09. The molecule has 0 aromatic heterocycles. The summed E-state index contributed by atoms with van der Waals surface area (Å²) in [4.78, 5) is 12.3. The van der Waals surface area contributed by atoms with Gasteiger partial charge in [0, 0.05) is 16.5 Å². The van der Waals surface area contributed by atoms with E-state index in [1.165, 1.54) is 0 Å². The third-order valence-corrected chi connectivity index (χ3v) is 2.30. The van der Waals surface area contributed by atoms with Crippen LogP contribution >= 0.6 is 12.6 Å². The third-order valence-electron chi connectivity index (χ3n) is 2.02. The predicted molar refractivity (Wildman–Crippen MR) is 54.2 cm³/mol. The number of hydrogen-bond donors (Lipinski definition) is 2. The Hall–Kier alpha value is -0.960. The molecule has 68 valence electrons. The normalized spacial score (nSPS) is 15.5. The zero-order chi connectivity index (χ0) is 9.26. The van der Waals surface area contributed by atoms with Crippen molar-refractivity contribution in [1.29, 1.82) is 0 Å². The van der Waals surface area contributed by atoms with Gasteiger partial charge in [0.25, 0.3) is 5.91 Å². The first-order valence-corrected chi connectivity index (χ1v) is 4.80. The summed E-state index contributed by atoms with van der Waals surface area (Å²) in [5.41, 5.74) is 0.694. The van der Waals surface area contributed by atoms with Crippen molar-refractivity contribution >= 4 is 18.5 Å². The number of carbonyl (C=O) groups excluding carboxylic acids is 1. The van der Waals surface area contributed by atoms with E-state index in [1.54, 1.807) is 12.1 Å². The number of carbonyl (C=O) groups is 1. The van der Waals surface area contributed by atoms with Gasteiger partial charge >= 0.3 is 0 Å². The standard InChI is InChI=1S/C10H11NOS/c12-10(11-8-4-5-8)7-2-1-3-9(13)6-7/h1-3,6,8,13H,4-5H2,(H,11,12).